The van der Waals surface area contributed by atoms with Gasteiger partial charge in [0.15, 0.2) is 5.92 Å². The first kappa shape index (κ1) is 23.0. The Labute approximate surface area is 175 Å². The monoisotopic (exact) mass is 418 g/mol. The Balaban J connectivity index is 2.68. The predicted octanol–water partition coefficient (Wildman–Crippen LogP) is 3.07. The Bertz CT molecular complexity index is 916. The summed E-state index contributed by atoms with van der Waals surface area (Å²) in [6.45, 7) is 4.80. The number of benzene rings is 2. The van der Waals surface area contributed by atoms with E-state index in [0.717, 1.165) is 0 Å². The number of hydrogen-bond acceptors (Lipinski definition) is 8. The van der Waals surface area contributed by atoms with Crippen LogP contribution >= 0.6 is 0 Å². The van der Waals surface area contributed by atoms with Crippen molar-refractivity contribution in [3.05, 3.63) is 29.8 Å². The highest BCUT2D eigenvalue weighted by Crippen LogP contribution is 2.40. The van der Waals surface area contributed by atoms with E-state index in [0.29, 0.717) is 27.8 Å². The highest BCUT2D eigenvalue weighted by Gasteiger charge is 2.32. The summed E-state index contributed by atoms with van der Waals surface area (Å²) in [5, 5.41) is 1.23. The van der Waals surface area contributed by atoms with Crippen LogP contribution in [0, 0.1) is 5.92 Å². The van der Waals surface area contributed by atoms with E-state index in [-0.39, 0.29) is 25.4 Å². The molecule has 8 nitrogen and oxygen atoms in total. The first-order chi connectivity index (χ1) is 14.4. The van der Waals surface area contributed by atoms with E-state index in [2.05, 4.69) is 0 Å². The number of fused-ring (bicyclic) bond motifs is 1. The van der Waals surface area contributed by atoms with Crippen LogP contribution in [0.3, 0.4) is 0 Å². The molecule has 0 saturated carbocycles. The van der Waals surface area contributed by atoms with Crippen molar-refractivity contribution in [2.24, 2.45) is 5.92 Å². The number of esters is 3. The van der Waals surface area contributed by atoms with Crippen LogP contribution in [0.1, 0.15) is 26.3 Å². The van der Waals surface area contributed by atoms with Crippen molar-refractivity contribution in [1.82, 2.24) is 0 Å². The molecule has 0 spiro atoms. The van der Waals surface area contributed by atoms with Gasteiger partial charge >= 0.3 is 17.9 Å². The summed E-state index contributed by atoms with van der Waals surface area (Å²) in [4.78, 5) is 36.7. The molecule has 2 aromatic rings. The lowest BCUT2D eigenvalue weighted by Crippen LogP contribution is -2.30. The molecule has 0 bridgehead atoms. The summed E-state index contributed by atoms with van der Waals surface area (Å²) in [5.41, 5.74) is 0.425. The zero-order valence-corrected chi connectivity index (χ0v) is 17.8. The van der Waals surface area contributed by atoms with Gasteiger partial charge in [0, 0.05) is 29.7 Å². The second-order valence-corrected chi connectivity index (χ2v) is 6.33. The van der Waals surface area contributed by atoms with Crippen LogP contribution in [0.15, 0.2) is 24.3 Å². The number of hydrogen-bond donors (Lipinski definition) is 0. The molecule has 0 saturated heterocycles. The topological polar surface area (TPSA) is 97.4 Å². The van der Waals surface area contributed by atoms with Gasteiger partial charge in [-0.15, -0.1) is 0 Å². The number of carbonyl (C=O) groups excluding carboxylic acids is 3. The molecular formula is C22H26O8. The molecule has 0 radical (unpaired) electrons. The highest BCUT2D eigenvalue weighted by atomic mass is 16.6. The Morgan fingerprint density at radius 2 is 1.53 bits per heavy atom. The zero-order chi connectivity index (χ0) is 22.3. The molecule has 0 unspecified atom stereocenters. The van der Waals surface area contributed by atoms with Gasteiger partial charge < -0.3 is 23.7 Å². The van der Waals surface area contributed by atoms with E-state index in [1.165, 1.54) is 21.1 Å². The second kappa shape index (κ2) is 10.5. The van der Waals surface area contributed by atoms with Crippen LogP contribution in [0.5, 0.6) is 17.2 Å². The minimum absolute atomic E-state index is 0.0935. The van der Waals surface area contributed by atoms with Gasteiger partial charge in [-0.3, -0.25) is 14.4 Å². The van der Waals surface area contributed by atoms with E-state index < -0.39 is 23.8 Å². The third kappa shape index (κ3) is 5.20. The van der Waals surface area contributed by atoms with E-state index in [1.54, 1.807) is 38.1 Å². The lowest BCUT2D eigenvalue weighted by atomic mass is 9.95. The third-order valence-corrected chi connectivity index (χ3v) is 4.37. The normalized spacial score (nSPS) is 10.6. The molecule has 8 heteroatoms. The fourth-order valence-corrected chi connectivity index (χ4v) is 3.08. The molecule has 2 aromatic carbocycles. The van der Waals surface area contributed by atoms with Gasteiger partial charge in [0.05, 0.1) is 27.4 Å². The third-order valence-electron chi connectivity index (χ3n) is 4.37. The van der Waals surface area contributed by atoms with Crippen molar-refractivity contribution in [2.45, 2.75) is 27.2 Å². The Kier molecular flexibility index (Phi) is 8.03. The fraction of sp³-hybridized carbons (Fsp3) is 0.409. The summed E-state index contributed by atoms with van der Waals surface area (Å²) in [6, 6.07) is 6.86. The Morgan fingerprint density at radius 1 is 0.900 bits per heavy atom. The molecule has 0 atom stereocenters. The van der Waals surface area contributed by atoms with Gasteiger partial charge in [-0.05, 0) is 38.1 Å². The maximum absolute atomic E-state index is 12.4. The van der Waals surface area contributed by atoms with Crippen LogP contribution in [-0.4, -0.2) is 45.3 Å². The largest absolute Gasteiger partial charge is 0.497 e. The first-order valence-electron chi connectivity index (χ1n) is 9.55. The second-order valence-electron chi connectivity index (χ2n) is 6.33. The van der Waals surface area contributed by atoms with Crippen molar-refractivity contribution in [3.63, 3.8) is 0 Å². The van der Waals surface area contributed by atoms with E-state index in [4.69, 9.17) is 23.7 Å². The molecule has 0 aromatic heterocycles. The Hall–Kier alpha value is -3.29. The lowest BCUT2D eigenvalue weighted by Gasteiger charge is -2.19. The summed E-state index contributed by atoms with van der Waals surface area (Å²) in [6.07, 6.45) is -0.0935. The van der Waals surface area contributed by atoms with E-state index in [9.17, 15) is 14.4 Å². The van der Waals surface area contributed by atoms with E-state index >= 15 is 0 Å². The predicted molar refractivity (Wildman–Crippen MR) is 109 cm³/mol. The number of rotatable bonds is 9. The maximum Gasteiger partial charge on any atom is 0.320 e. The summed E-state index contributed by atoms with van der Waals surface area (Å²) < 4.78 is 26.3. The lowest BCUT2D eigenvalue weighted by molar-refractivity contribution is -0.161. The quantitative estimate of drug-likeness (QED) is 0.348. The Morgan fingerprint density at radius 3 is 2.03 bits per heavy atom. The standard InChI is InChI=1S/C22H26O8/c1-6-28-21(24)18(22(25)29-7-2)10-14-11-19(27-5)16-9-8-15(26-4)12-17(16)20(14)30-13(3)23/h8-9,11-12,18H,6-7,10H2,1-5H3. The van der Waals surface area contributed by atoms with Crippen molar-refractivity contribution in [3.8, 4) is 17.2 Å². The van der Waals surface area contributed by atoms with Crippen LogP contribution in [0.4, 0.5) is 0 Å². The average molecular weight is 418 g/mol. The smallest absolute Gasteiger partial charge is 0.320 e. The molecule has 0 aliphatic heterocycles. The van der Waals surface area contributed by atoms with Gasteiger partial charge in [0.1, 0.15) is 17.2 Å². The van der Waals surface area contributed by atoms with Gasteiger partial charge in [-0.1, -0.05) is 0 Å². The van der Waals surface area contributed by atoms with Gasteiger partial charge in [-0.2, -0.15) is 0 Å². The van der Waals surface area contributed by atoms with Crippen LogP contribution in [0.2, 0.25) is 0 Å². The summed E-state index contributed by atoms with van der Waals surface area (Å²) in [7, 11) is 3.02. The van der Waals surface area contributed by atoms with Gasteiger partial charge in [0.25, 0.3) is 0 Å². The minimum atomic E-state index is -1.22. The van der Waals surface area contributed by atoms with Crippen molar-refractivity contribution >= 4 is 28.7 Å². The minimum Gasteiger partial charge on any atom is -0.497 e. The molecule has 162 valence electrons. The van der Waals surface area contributed by atoms with Gasteiger partial charge in [0.2, 0.25) is 0 Å². The first-order valence-corrected chi connectivity index (χ1v) is 9.55. The fourth-order valence-electron chi connectivity index (χ4n) is 3.08. The van der Waals surface area contributed by atoms with Crippen LogP contribution < -0.4 is 14.2 Å². The molecule has 0 aliphatic carbocycles. The molecular weight excluding hydrogens is 392 g/mol. The molecule has 0 amide bonds. The number of ether oxygens (including phenoxy) is 5. The molecule has 30 heavy (non-hydrogen) atoms. The zero-order valence-electron chi connectivity index (χ0n) is 17.8. The maximum atomic E-state index is 12.4. The summed E-state index contributed by atoms with van der Waals surface area (Å²) in [5.74, 6) is -1.94. The number of carbonyl (C=O) groups is 3. The average Bonchev–Trinajstić information content (AvgIpc) is 2.72. The highest BCUT2D eigenvalue weighted by molar-refractivity contribution is 5.98. The molecule has 0 fully saturated rings. The summed E-state index contributed by atoms with van der Waals surface area (Å²) >= 11 is 0. The van der Waals surface area contributed by atoms with Crippen molar-refractivity contribution in [1.29, 1.82) is 0 Å². The molecule has 0 aliphatic rings. The van der Waals surface area contributed by atoms with Crippen LogP contribution in [0.25, 0.3) is 10.8 Å². The number of methoxy groups -OCH3 is 2. The van der Waals surface area contributed by atoms with Crippen molar-refractivity contribution in [2.75, 3.05) is 27.4 Å². The van der Waals surface area contributed by atoms with E-state index in [1.807, 2.05) is 0 Å². The molecule has 0 N–H and O–H groups in total. The molecule has 0 heterocycles. The molecule has 2 rings (SSSR count). The SMILES string of the molecule is CCOC(=O)C(Cc1cc(OC)c2ccc(OC)cc2c1OC(C)=O)C(=O)OCC. The van der Waals surface area contributed by atoms with Crippen LogP contribution in [-0.2, 0) is 30.3 Å². The van der Waals surface area contributed by atoms with Crippen molar-refractivity contribution < 1.29 is 38.1 Å². The van der Waals surface area contributed by atoms with Gasteiger partial charge in [-0.25, -0.2) is 0 Å².